The molecule has 3 saturated carbocycles. The third kappa shape index (κ3) is 2.68. The summed E-state index contributed by atoms with van der Waals surface area (Å²) < 4.78 is 5.92. The Labute approximate surface area is 183 Å². The van der Waals surface area contributed by atoms with E-state index in [2.05, 4.69) is 19.6 Å². The number of aliphatic hydroxyl groups excluding tert-OH is 1. The van der Waals surface area contributed by atoms with Crippen molar-refractivity contribution in [3.63, 3.8) is 0 Å². The molecule has 0 aromatic carbocycles. The van der Waals surface area contributed by atoms with Gasteiger partial charge < -0.3 is 9.84 Å². The van der Waals surface area contributed by atoms with E-state index >= 15 is 0 Å². The van der Waals surface area contributed by atoms with Gasteiger partial charge in [-0.1, -0.05) is 39.3 Å². The van der Waals surface area contributed by atoms with Crippen LogP contribution >= 0.6 is 12.6 Å². The number of thiol groups is 1. The van der Waals surface area contributed by atoms with Gasteiger partial charge in [-0.2, -0.15) is 0 Å². The second-order valence-corrected chi connectivity index (χ2v) is 10.6. The first-order chi connectivity index (χ1) is 14.0. The van der Waals surface area contributed by atoms with Gasteiger partial charge in [0.25, 0.3) is 0 Å². The second kappa shape index (κ2) is 7.06. The van der Waals surface area contributed by atoms with Crippen molar-refractivity contribution in [2.24, 2.45) is 34.5 Å². The van der Waals surface area contributed by atoms with Crippen LogP contribution in [0.15, 0.2) is 23.8 Å². The fourth-order valence-electron chi connectivity index (χ4n) is 7.61. The zero-order valence-corrected chi connectivity index (χ0v) is 19.1. The predicted molar refractivity (Wildman–Crippen MR) is 116 cm³/mol. The minimum atomic E-state index is -1.32. The highest BCUT2D eigenvalue weighted by atomic mass is 32.1. The molecule has 0 radical (unpaired) electrons. The number of ketones is 1. The van der Waals surface area contributed by atoms with Crippen LogP contribution in [0, 0.1) is 34.5 Å². The van der Waals surface area contributed by atoms with Crippen molar-refractivity contribution in [1.29, 1.82) is 0 Å². The number of hydrogen-bond acceptors (Lipinski definition) is 5. The third-order valence-electron chi connectivity index (χ3n) is 8.92. The Morgan fingerprint density at radius 3 is 2.67 bits per heavy atom. The number of aliphatic hydroxyl groups is 1. The van der Waals surface area contributed by atoms with E-state index < -0.39 is 28.2 Å². The maximum Gasteiger partial charge on any atom is 0.306 e. The van der Waals surface area contributed by atoms with Gasteiger partial charge >= 0.3 is 5.97 Å². The van der Waals surface area contributed by atoms with Crippen LogP contribution in [-0.4, -0.2) is 33.7 Å². The summed E-state index contributed by atoms with van der Waals surface area (Å²) >= 11 is 4.22. The van der Waals surface area contributed by atoms with Gasteiger partial charge in [-0.3, -0.25) is 14.4 Å². The first-order valence-electron chi connectivity index (χ1n) is 11.1. The number of carbonyl (C=O) groups excluding carboxylic acids is 3. The number of carbonyl (C=O) groups is 3. The van der Waals surface area contributed by atoms with Crippen LogP contribution in [0.25, 0.3) is 0 Å². The Kier molecular flexibility index (Phi) is 5.13. The Hall–Kier alpha value is -1.40. The lowest BCUT2D eigenvalue weighted by Crippen LogP contribution is -2.63. The number of esters is 1. The number of fused-ring (bicyclic) bond motifs is 5. The highest BCUT2D eigenvalue weighted by Crippen LogP contribution is 2.69. The van der Waals surface area contributed by atoms with Crippen LogP contribution < -0.4 is 0 Å². The monoisotopic (exact) mass is 432 g/mol. The molecule has 4 rings (SSSR count). The lowest BCUT2D eigenvalue weighted by Gasteiger charge is -2.59. The Morgan fingerprint density at radius 2 is 2.03 bits per heavy atom. The molecule has 0 aliphatic heterocycles. The second-order valence-electron chi connectivity index (χ2n) is 10.2. The average molecular weight is 433 g/mol. The van der Waals surface area contributed by atoms with Gasteiger partial charge in [0.2, 0.25) is 5.12 Å². The van der Waals surface area contributed by atoms with Crippen molar-refractivity contribution in [3.05, 3.63) is 23.8 Å². The maximum atomic E-state index is 12.9. The average Bonchev–Trinajstić information content (AvgIpc) is 2.89. The van der Waals surface area contributed by atoms with Gasteiger partial charge in [-0.15, -0.1) is 12.6 Å². The fraction of sp³-hybridized carbons (Fsp3) is 0.708. The summed E-state index contributed by atoms with van der Waals surface area (Å²) in [6.45, 7) is 7.82. The van der Waals surface area contributed by atoms with E-state index in [1.807, 2.05) is 19.9 Å². The van der Waals surface area contributed by atoms with Gasteiger partial charge in [0.1, 0.15) is 0 Å². The minimum absolute atomic E-state index is 0.0108. The number of allylic oxidation sites excluding steroid dienone is 4. The van der Waals surface area contributed by atoms with Gasteiger partial charge in [-0.05, 0) is 49.7 Å². The zero-order chi connectivity index (χ0) is 22.1. The molecular formula is C24H32O5S. The molecule has 30 heavy (non-hydrogen) atoms. The molecule has 1 N–H and O–H groups in total. The highest BCUT2D eigenvalue weighted by molar-refractivity contribution is 7.96. The summed E-state index contributed by atoms with van der Waals surface area (Å²) in [5.41, 5.74) is -1.27. The van der Waals surface area contributed by atoms with Crippen molar-refractivity contribution in [2.45, 2.75) is 71.5 Å². The molecule has 0 amide bonds. The van der Waals surface area contributed by atoms with E-state index in [4.69, 9.17) is 4.74 Å². The Balaban J connectivity index is 1.79. The molecule has 3 fully saturated rings. The largest absolute Gasteiger partial charge is 0.449 e. The van der Waals surface area contributed by atoms with Crippen molar-refractivity contribution >= 4 is 29.5 Å². The molecule has 5 nitrogen and oxygen atoms in total. The van der Waals surface area contributed by atoms with Gasteiger partial charge in [0, 0.05) is 29.1 Å². The molecule has 164 valence electrons. The first-order valence-corrected chi connectivity index (χ1v) is 11.5. The molecule has 0 spiro atoms. The van der Waals surface area contributed by atoms with E-state index in [9.17, 15) is 19.5 Å². The summed E-state index contributed by atoms with van der Waals surface area (Å²) in [6.07, 6.45) is 7.64. The molecule has 6 heteroatoms. The normalized spacial score (nSPS) is 47.1. The van der Waals surface area contributed by atoms with Crippen LogP contribution in [0.4, 0.5) is 0 Å². The molecule has 4 aliphatic rings. The molecular weight excluding hydrogens is 400 g/mol. The lowest BCUT2D eigenvalue weighted by molar-refractivity contribution is -0.199. The summed E-state index contributed by atoms with van der Waals surface area (Å²) in [4.78, 5) is 37.2. The molecule has 7 unspecified atom stereocenters. The zero-order valence-electron chi connectivity index (χ0n) is 18.2. The SMILES string of the molecule is CCC(=O)OC1(C(=O)S)[C@H](C)CC2C3CCC4=CC(=O)C=CC4(C)C3C(O)CC21C. The number of hydrogen-bond donors (Lipinski definition) is 2. The summed E-state index contributed by atoms with van der Waals surface area (Å²) in [7, 11) is 0. The molecule has 0 aromatic heterocycles. The quantitative estimate of drug-likeness (QED) is 0.525. The van der Waals surface area contributed by atoms with Crippen LogP contribution in [0.2, 0.25) is 0 Å². The van der Waals surface area contributed by atoms with Crippen LogP contribution in [0.1, 0.15) is 59.8 Å². The number of ether oxygens (including phenoxy) is 1. The van der Waals surface area contributed by atoms with E-state index in [0.717, 1.165) is 24.8 Å². The number of rotatable bonds is 3. The maximum absolute atomic E-state index is 12.9. The van der Waals surface area contributed by atoms with E-state index in [1.165, 1.54) is 0 Å². The van der Waals surface area contributed by atoms with Crippen molar-refractivity contribution in [3.8, 4) is 0 Å². The van der Waals surface area contributed by atoms with Gasteiger partial charge in [-0.25, -0.2) is 0 Å². The lowest BCUT2D eigenvalue weighted by atomic mass is 9.46. The molecule has 0 saturated heterocycles. The fourth-order valence-corrected chi connectivity index (χ4v) is 8.13. The molecule has 0 heterocycles. The van der Waals surface area contributed by atoms with E-state index in [1.54, 1.807) is 19.1 Å². The Bertz CT molecular complexity index is 862. The van der Waals surface area contributed by atoms with Crippen LogP contribution in [-0.2, 0) is 19.1 Å². The Morgan fingerprint density at radius 1 is 1.33 bits per heavy atom. The molecule has 8 atom stereocenters. The van der Waals surface area contributed by atoms with E-state index in [0.29, 0.717) is 6.42 Å². The smallest absolute Gasteiger partial charge is 0.306 e. The first kappa shape index (κ1) is 21.8. The molecule has 4 aliphatic carbocycles. The summed E-state index contributed by atoms with van der Waals surface area (Å²) in [5, 5.41) is 11.0. The van der Waals surface area contributed by atoms with Crippen molar-refractivity contribution < 1.29 is 24.2 Å². The molecule has 0 aromatic rings. The van der Waals surface area contributed by atoms with Gasteiger partial charge in [0.05, 0.1) is 6.10 Å². The topological polar surface area (TPSA) is 80.7 Å². The van der Waals surface area contributed by atoms with Crippen molar-refractivity contribution in [2.75, 3.05) is 0 Å². The van der Waals surface area contributed by atoms with Gasteiger partial charge in [0.15, 0.2) is 11.4 Å². The van der Waals surface area contributed by atoms with E-state index in [-0.39, 0.29) is 41.3 Å². The minimum Gasteiger partial charge on any atom is -0.449 e. The highest BCUT2D eigenvalue weighted by Gasteiger charge is 2.72. The summed E-state index contributed by atoms with van der Waals surface area (Å²) in [5.74, 6) is -0.289. The van der Waals surface area contributed by atoms with Crippen molar-refractivity contribution in [1.82, 2.24) is 0 Å². The third-order valence-corrected chi connectivity index (χ3v) is 9.25. The molecule has 0 bridgehead atoms. The summed E-state index contributed by atoms with van der Waals surface area (Å²) in [6, 6.07) is 0. The predicted octanol–water partition coefficient (Wildman–Crippen LogP) is 3.66. The van der Waals surface area contributed by atoms with Crippen LogP contribution in [0.3, 0.4) is 0 Å². The van der Waals surface area contributed by atoms with Crippen LogP contribution in [0.5, 0.6) is 0 Å². The standard InChI is InChI=1S/C24H32O5S/c1-5-19(27)29-24(21(28)30)13(2)10-17-16-7-6-14-11-15(25)8-9-22(14,3)20(16)18(26)12-23(17,24)4/h8-9,11,13,16-18,20,26H,5-7,10,12H2,1-4H3,(H,28,30)/t13-,16?,17?,18?,20?,22?,23?,24?/m1/s1.